The van der Waals surface area contributed by atoms with Crippen LogP contribution in [0.25, 0.3) is 11.1 Å². The van der Waals surface area contributed by atoms with Crippen LogP contribution in [0.3, 0.4) is 0 Å². The van der Waals surface area contributed by atoms with Gasteiger partial charge in [-0.1, -0.05) is 42.0 Å². The van der Waals surface area contributed by atoms with E-state index in [0.717, 1.165) is 54.3 Å². The van der Waals surface area contributed by atoms with Gasteiger partial charge in [-0.05, 0) is 43.0 Å². The van der Waals surface area contributed by atoms with Crippen molar-refractivity contribution in [3.63, 3.8) is 0 Å². The maximum Gasteiger partial charge on any atom is 0.225 e. The minimum absolute atomic E-state index is 0.0288. The predicted molar refractivity (Wildman–Crippen MR) is 122 cm³/mol. The molecular weight excluding hydrogens is 388 g/mol. The van der Waals surface area contributed by atoms with Gasteiger partial charge in [-0.15, -0.1) is 0 Å². The zero-order valence-electron chi connectivity index (χ0n) is 18.0. The van der Waals surface area contributed by atoms with E-state index in [1.165, 1.54) is 5.56 Å². The topological polar surface area (TPSA) is 67.3 Å². The molecule has 0 atom stereocenters. The molecule has 1 aliphatic heterocycles. The van der Waals surface area contributed by atoms with Crippen LogP contribution >= 0.6 is 0 Å². The first-order valence-electron chi connectivity index (χ1n) is 10.7. The van der Waals surface area contributed by atoms with Gasteiger partial charge < -0.3 is 15.0 Å². The van der Waals surface area contributed by atoms with Crippen molar-refractivity contribution in [1.29, 1.82) is 0 Å². The second-order valence-electron chi connectivity index (χ2n) is 7.97. The Bertz CT molecular complexity index is 1010. The van der Waals surface area contributed by atoms with Gasteiger partial charge in [0.05, 0.1) is 7.11 Å². The maximum absolute atomic E-state index is 12.6. The molecule has 1 aromatic heterocycles. The number of amides is 1. The van der Waals surface area contributed by atoms with Crippen LogP contribution in [0, 0.1) is 12.8 Å². The third kappa shape index (κ3) is 5.20. The standard InChI is InChI=1S/C25H28N4O2/c1-18-4-3-5-21(14-18)22-16-27-25(28-17-22)29-12-10-20(11-13-29)24(30)26-15-19-6-8-23(31-2)9-7-19/h3-9,14,16-17,20H,10-13,15H2,1-2H3,(H,26,30). The number of aryl methyl sites for hydroxylation is 1. The number of carbonyl (C=O) groups is 1. The summed E-state index contributed by atoms with van der Waals surface area (Å²) in [5.41, 5.74) is 4.42. The molecule has 2 aromatic carbocycles. The lowest BCUT2D eigenvalue weighted by Gasteiger charge is -2.31. The molecule has 1 amide bonds. The van der Waals surface area contributed by atoms with Crippen molar-refractivity contribution in [3.05, 3.63) is 72.1 Å². The Kier molecular flexibility index (Phi) is 6.46. The third-order valence-electron chi connectivity index (χ3n) is 5.76. The number of rotatable bonds is 6. The fourth-order valence-corrected chi connectivity index (χ4v) is 3.88. The molecular formula is C25H28N4O2. The second kappa shape index (κ2) is 9.60. The van der Waals surface area contributed by atoms with E-state index in [1.54, 1.807) is 7.11 Å². The highest BCUT2D eigenvalue weighted by atomic mass is 16.5. The summed E-state index contributed by atoms with van der Waals surface area (Å²) in [7, 11) is 1.65. The minimum Gasteiger partial charge on any atom is -0.497 e. The number of nitrogens with one attached hydrogen (secondary N) is 1. The van der Waals surface area contributed by atoms with Crippen molar-refractivity contribution < 1.29 is 9.53 Å². The SMILES string of the molecule is COc1ccc(CNC(=O)C2CCN(c3ncc(-c4cccc(C)c4)cn3)CC2)cc1. The van der Waals surface area contributed by atoms with Crippen LogP contribution in [-0.2, 0) is 11.3 Å². The van der Waals surface area contributed by atoms with E-state index in [4.69, 9.17) is 4.74 Å². The van der Waals surface area contributed by atoms with Crippen LogP contribution in [0.2, 0.25) is 0 Å². The van der Waals surface area contributed by atoms with E-state index < -0.39 is 0 Å². The Morgan fingerprint density at radius 2 is 1.77 bits per heavy atom. The van der Waals surface area contributed by atoms with Crippen molar-refractivity contribution in [2.75, 3.05) is 25.1 Å². The molecule has 0 unspecified atom stereocenters. The number of hydrogen-bond acceptors (Lipinski definition) is 5. The molecule has 0 radical (unpaired) electrons. The van der Waals surface area contributed by atoms with Crippen LogP contribution in [0.1, 0.15) is 24.0 Å². The molecule has 0 saturated carbocycles. The number of aromatic nitrogens is 2. The summed E-state index contributed by atoms with van der Waals surface area (Å²) < 4.78 is 5.17. The van der Waals surface area contributed by atoms with E-state index in [-0.39, 0.29) is 11.8 Å². The number of benzene rings is 2. The third-order valence-corrected chi connectivity index (χ3v) is 5.76. The number of anilines is 1. The van der Waals surface area contributed by atoms with Gasteiger partial charge in [0.15, 0.2) is 0 Å². The van der Waals surface area contributed by atoms with Crippen LogP contribution in [0.4, 0.5) is 5.95 Å². The van der Waals surface area contributed by atoms with Crippen LogP contribution in [0.5, 0.6) is 5.75 Å². The van der Waals surface area contributed by atoms with Crippen molar-refractivity contribution in [1.82, 2.24) is 15.3 Å². The van der Waals surface area contributed by atoms with Gasteiger partial charge in [0.1, 0.15) is 5.75 Å². The number of hydrogen-bond donors (Lipinski definition) is 1. The molecule has 1 saturated heterocycles. The number of methoxy groups -OCH3 is 1. The van der Waals surface area contributed by atoms with E-state index in [2.05, 4.69) is 45.3 Å². The number of carbonyl (C=O) groups excluding carboxylic acids is 1. The first-order chi connectivity index (χ1) is 15.1. The van der Waals surface area contributed by atoms with Gasteiger partial charge in [-0.25, -0.2) is 9.97 Å². The average Bonchev–Trinajstić information content (AvgIpc) is 2.83. The Hall–Kier alpha value is -3.41. The first-order valence-corrected chi connectivity index (χ1v) is 10.7. The smallest absolute Gasteiger partial charge is 0.225 e. The van der Waals surface area contributed by atoms with Crippen molar-refractivity contribution in [2.45, 2.75) is 26.3 Å². The summed E-state index contributed by atoms with van der Waals surface area (Å²) in [6, 6.07) is 16.1. The van der Waals surface area contributed by atoms with E-state index in [0.29, 0.717) is 6.54 Å². The monoisotopic (exact) mass is 416 g/mol. The molecule has 0 bridgehead atoms. The van der Waals surface area contributed by atoms with Crippen molar-refractivity contribution in [2.24, 2.45) is 5.92 Å². The predicted octanol–water partition coefficient (Wildman–Crippen LogP) is 3.99. The lowest BCUT2D eigenvalue weighted by Crippen LogP contribution is -2.41. The van der Waals surface area contributed by atoms with E-state index in [1.807, 2.05) is 42.7 Å². The zero-order chi connectivity index (χ0) is 21.6. The normalized spacial score (nSPS) is 14.3. The number of piperidine rings is 1. The van der Waals surface area contributed by atoms with Gasteiger partial charge in [0.25, 0.3) is 0 Å². The summed E-state index contributed by atoms with van der Waals surface area (Å²) >= 11 is 0. The van der Waals surface area contributed by atoms with Gasteiger partial charge in [-0.2, -0.15) is 0 Å². The van der Waals surface area contributed by atoms with Gasteiger partial charge >= 0.3 is 0 Å². The van der Waals surface area contributed by atoms with Gasteiger partial charge in [0.2, 0.25) is 11.9 Å². The zero-order valence-corrected chi connectivity index (χ0v) is 18.0. The molecule has 6 nitrogen and oxygen atoms in total. The first kappa shape index (κ1) is 20.8. The van der Waals surface area contributed by atoms with Gasteiger partial charge in [-0.3, -0.25) is 4.79 Å². The number of ether oxygens (including phenoxy) is 1. The molecule has 2 heterocycles. The number of nitrogens with zero attached hydrogens (tertiary/aromatic N) is 3. The molecule has 1 aliphatic rings. The minimum atomic E-state index is 0.0288. The summed E-state index contributed by atoms with van der Waals surface area (Å²) in [6.45, 7) is 4.18. The summed E-state index contributed by atoms with van der Waals surface area (Å²) in [5.74, 6) is 1.69. The summed E-state index contributed by atoms with van der Waals surface area (Å²) in [6.07, 6.45) is 5.37. The molecule has 4 rings (SSSR count). The van der Waals surface area contributed by atoms with Crippen LogP contribution < -0.4 is 15.0 Å². The molecule has 6 heteroatoms. The largest absolute Gasteiger partial charge is 0.497 e. The Balaban J connectivity index is 1.28. The van der Waals surface area contributed by atoms with Crippen molar-refractivity contribution >= 4 is 11.9 Å². The highest BCUT2D eigenvalue weighted by Gasteiger charge is 2.26. The lowest BCUT2D eigenvalue weighted by atomic mass is 9.96. The quantitative estimate of drug-likeness (QED) is 0.658. The Morgan fingerprint density at radius 1 is 1.06 bits per heavy atom. The molecule has 160 valence electrons. The highest BCUT2D eigenvalue weighted by Crippen LogP contribution is 2.23. The summed E-state index contributed by atoms with van der Waals surface area (Å²) in [5, 5.41) is 3.06. The summed E-state index contributed by atoms with van der Waals surface area (Å²) in [4.78, 5) is 23.9. The van der Waals surface area contributed by atoms with Gasteiger partial charge in [0, 0.05) is 43.5 Å². The molecule has 31 heavy (non-hydrogen) atoms. The lowest BCUT2D eigenvalue weighted by molar-refractivity contribution is -0.125. The fourth-order valence-electron chi connectivity index (χ4n) is 3.88. The molecule has 1 fully saturated rings. The highest BCUT2D eigenvalue weighted by molar-refractivity contribution is 5.79. The molecule has 3 aromatic rings. The van der Waals surface area contributed by atoms with E-state index >= 15 is 0 Å². The van der Waals surface area contributed by atoms with Crippen LogP contribution in [0.15, 0.2) is 60.9 Å². The average molecular weight is 417 g/mol. The van der Waals surface area contributed by atoms with E-state index in [9.17, 15) is 4.79 Å². The molecule has 0 spiro atoms. The molecule has 1 N–H and O–H groups in total. The fraction of sp³-hybridized carbons (Fsp3) is 0.320. The second-order valence-corrected chi connectivity index (χ2v) is 7.97. The maximum atomic E-state index is 12.6. The van der Waals surface area contributed by atoms with Crippen molar-refractivity contribution in [3.8, 4) is 16.9 Å². The molecule has 0 aliphatic carbocycles. The van der Waals surface area contributed by atoms with Crippen LogP contribution in [-0.4, -0.2) is 36.1 Å². The Labute approximate surface area is 183 Å². The Morgan fingerprint density at radius 3 is 2.42 bits per heavy atom.